The third kappa shape index (κ3) is 6.42. The molecule has 0 bridgehead atoms. The Hall–Kier alpha value is -3.21. The summed E-state index contributed by atoms with van der Waals surface area (Å²) in [7, 11) is 4.55. The monoisotopic (exact) mass is 421 g/mol. The first kappa shape index (κ1) is 22.1. The van der Waals surface area contributed by atoms with Crippen molar-refractivity contribution < 1.29 is 23.8 Å². The molecule has 10 nitrogen and oxygen atoms in total. The number of nitrogens with one attached hydrogen (secondary N) is 2. The van der Waals surface area contributed by atoms with E-state index in [-0.39, 0.29) is 18.2 Å². The predicted octanol–water partition coefficient (Wildman–Crippen LogP) is 2.00. The SMILES string of the molecule is CCCC(=O)Nc1nnc(CC(=O)N/N=C\c2cc(OC)c(OC)c(OC)c2)s1. The van der Waals surface area contributed by atoms with E-state index in [4.69, 9.17) is 14.2 Å². The van der Waals surface area contributed by atoms with E-state index in [1.165, 1.54) is 27.5 Å². The van der Waals surface area contributed by atoms with Crippen LogP contribution in [0.25, 0.3) is 0 Å². The molecule has 0 aliphatic carbocycles. The Kier molecular flexibility index (Phi) is 8.34. The molecular weight excluding hydrogens is 398 g/mol. The summed E-state index contributed by atoms with van der Waals surface area (Å²) in [5, 5.41) is 15.2. The van der Waals surface area contributed by atoms with Crippen LogP contribution in [0.3, 0.4) is 0 Å². The van der Waals surface area contributed by atoms with Gasteiger partial charge in [-0.2, -0.15) is 5.10 Å². The van der Waals surface area contributed by atoms with E-state index < -0.39 is 0 Å². The van der Waals surface area contributed by atoms with Gasteiger partial charge in [0.15, 0.2) is 11.5 Å². The van der Waals surface area contributed by atoms with Crippen LogP contribution in [-0.2, 0) is 16.0 Å². The molecule has 156 valence electrons. The lowest BCUT2D eigenvalue weighted by molar-refractivity contribution is -0.120. The van der Waals surface area contributed by atoms with Gasteiger partial charge < -0.3 is 19.5 Å². The van der Waals surface area contributed by atoms with Crippen LogP contribution in [0.15, 0.2) is 17.2 Å². The predicted molar refractivity (Wildman–Crippen MR) is 109 cm³/mol. The molecule has 2 N–H and O–H groups in total. The molecule has 1 aromatic carbocycles. The van der Waals surface area contributed by atoms with E-state index in [9.17, 15) is 9.59 Å². The molecule has 2 rings (SSSR count). The first-order valence-electron chi connectivity index (χ1n) is 8.74. The minimum absolute atomic E-state index is 0.00604. The highest BCUT2D eigenvalue weighted by atomic mass is 32.1. The van der Waals surface area contributed by atoms with Crippen LogP contribution in [0.1, 0.15) is 30.3 Å². The standard InChI is InChI=1S/C18H23N5O5S/c1-5-6-14(24)20-18-23-22-16(29-18)9-15(25)21-19-10-11-7-12(26-2)17(28-4)13(8-11)27-3/h7-8,10H,5-6,9H2,1-4H3,(H,21,25)(H,20,23,24)/b19-10-. The second-order valence-electron chi connectivity index (χ2n) is 5.73. The number of hydrogen-bond donors (Lipinski definition) is 2. The number of benzene rings is 1. The molecular formula is C18H23N5O5S. The lowest BCUT2D eigenvalue weighted by Crippen LogP contribution is -2.19. The van der Waals surface area contributed by atoms with Crippen molar-refractivity contribution in [3.8, 4) is 17.2 Å². The summed E-state index contributed by atoms with van der Waals surface area (Å²) in [6, 6.07) is 3.40. The van der Waals surface area contributed by atoms with Gasteiger partial charge in [0.05, 0.1) is 34.0 Å². The summed E-state index contributed by atoms with van der Waals surface area (Å²) in [5.74, 6) is 0.928. The highest BCUT2D eigenvalue weighted by Gasteiger charge is 2.13. The van der Waals surface area contributed by atoms with Gasteiger partial charge in [0, 0.05) is 12.0 Å². The average molecular weight is 421 g/mol. The molecule has 1 aromatic heterocycles. The highest BCUT2D eigenvalue weighted by Crippen LogP contribution is 2.37. The lowest BCUT2D eigenvalue weighted by atomic mass is 10.2. The second-order valence-corrected chi connectivity index (χ2v) is 6.79. The van der Waals surface area contributed by atoms with E-state index in [0.717, 1.165) is 17.8 Å². The maximum Gasteiger partial charge on any atom is 0.247 e. The topological polar surface area (TPSA) is 124 Å². The van der Waals surface area contributed by atoms with Gasteiger partial charge >= 0.3 is 0 Å². The zero-order valence-corrected chi connectivity index (χ0v) is 17.5. The van der Waals surface area contributed by atoms with E-state index in [2.05, 4.69) is 26.0 Å². The minimum Gasteiger partial charge on any atom is -0.493 e. The van der Waals surface area contributed by atoms with E-state index >= 15 is 0 Å². The minimum atomic E-state index is -0.365. The molecule has 11 heteroatoms. The molecule has 0 atom stereocenters. The number of nitrogens with zero attached hydrogens (tertiary/aromatic N) is 3. The van der Waals surface area contributed by atoms with Gasteiger partial charge in [0.2, 0.25) is 22.7 Å². The summed E-state index contributed by atoms with van der Waals surface area (Å²) in [6.45, 7) is 1.91. The van der Waals surface area contributed by atoms with Crippen LogP contribution >= 0.6 is 11.3 Å². The van der Waals surface area contributed by atoms with Crippen molar-refractivity contribution in [3.63, 3.8) is 0 Å². The number of rotatable bonds is 10. The van der Waals surface area contributed by atoms with Gasteiger partial charge in [-0.25, -0.2) is 5.43 Å². The molecule has 2 aromatic rings. The van der Waals surface area contributed by atoms with E-state index in [0.29, 0.717) is 39.4 Å². The van der Waals surface area contributed by atoms with Crippen molar-refractivity contribution in [2.75, 3.05) is 26.6 Å². The Morgan fingerprint density at radius 2 is 1.79 bits per heavy atom. The van der Waals surface area contributed by atoms with Gasteiger partial charge in [-0.3, -0.25) is 9.59 Å². The lowest BCUT2D eigenvalue weighted by Gasteiger charge is -2.12. The summed E-state index contributed by atoms with van der Waals surface area (Å²) >= 11 is 1.15. The average Bonchev–Trinajstić information content (AvgIpc) is 3.13. The van der Waals surface area contributed by atoms with Crippen molar-refractivity contribution in [3.05, 3.63) is 22.7 Å². The number of carbonyl (C=O) groups is 2. The summed E-state index contributed by atoms with van der Waals surface area (Å²) < 4.78 is 15.8. The van der Waals surface area contributed by atoms with Crippen molar-refractivity contribution in [1.29, 1.82) is 0 Å². The van der Waals surface area contributed by atoms with Crippen LogP contribution in [0.5, 0.6) is 17.2 Å². The Balaban J connectivity index is 1.95. The Labute approximate surface area is 172 Å². The van der Waals surface area contributed by atoms with Crippen LogP contribution in [0, 0.1) is 0 Å². The Morgan fingerprint density at radius 3 is 2.38 bits per heavy atom. The third-order valence-electron chi connectivity index (χ3n) is 3.59. The van der Waals surface area contributed by atoms with Crippen LogP contribution < -0.4 is 25.0 Å². The number of anilines is 1. The van der Waals surface area contributed by atoms with Crippen molar-refractivity contribution in [1.82, 2.24) is 15.6 Å². The zero-order chi connectivity index (χ0) is 21.2. The number of carbonyl (C=O) groups excluding carboxylic acids is 2. The maximum absolute atomic E-state index is 12.0. The molecule has 0 saturated carbocycles. The van der Waals surface area contributed by atoms with Gasteiger partial charge in [0.1, 0.15) is 5.01 Å². The molecule has 0 fully saturated rings. The van der Waals surface area contributed by atoms with Crippen molar-refractivity contribution >= 4 is 34.5 Å². The fraction of sp³-hybridized carbons (Fsp3) is 0.389. The van der Waals surface area contributed by atoms with Gasteiger partial charge in [0.25, 0.3) is 0 Å². The maximum atomic E-state index is 12.0. The largest absolute Gasteiger partial charge is 0.493 e. The first-order chi connectivity index (χ1) is 14.0. The van der Waals surface area contributed by atoms with Crippen LogP contribution in [0.2, 0.25) is 0 Å². The smallest absolute Gasteiger partial charge is 0.247 e. The Bertz CT molecular complexity index is 858. The van der Waals surface area contributed by atoms with Crippen LogP contribution in [0.4, 0.5) is 5.13 Å². The van der Waals surface area contributed by atoms with Gasteiger partial charge in [-0.1, -0.05) is 18.3 Å². The third-order valence-corrected chi connectivity index (χ3v) is 4.43. The molecule has 29 heavy (non-hydrogen) atoms. The summed E-state index contributed by atoms with van der Waals surface area (Å²) in [6.07, 6.45) is 2.60. The van der Waals surface area contributed by atoms with E-state index in [1.54, 1.807) is 12.1 Å². The second kappa shape index (κ2) is 11.0. The Morgan fingerprint density at radius 1 is 1.10 bits per heavy atom. The zero-order valence-electron chi connectivity index (χ0n) is 16.6. The van der Waals surface area contributed by atoms with Gasteiger partial charge in [-0.15, -0.1) is 10.2 Å². The fourth-order valence-corrected chi connectivity index (χ4v) is 3.07. The number of hydrazone groups is 1. The van der Waals surface area contributed by atoms with Crippen LogP contribution in [-0.4, -0.2) is 49.6 Å². The molecule has 1 heterocycles. The molecule has 0 radical (unpaired) electrons. The number of methoxy groups -OCH3 is 3. The molecule has 0 spiro atoms. The van der Waals surface area contributed by atoms with E-state index in [1.807, 2.05) is 6.92 Å². The number of aromatic nitrogens is 2. The molecule has 0 aliphatic heterocycles. The number of amides is 2. The fourth-order valence-electron chi connectivity index (χ4n) is 2.32. The van der Waals surface area contributed by atoms with Gasteiger partial charge in [-0.05, 0) is 18.6 Å². The normalized spacial score (nSPS) is 10.6. The number of ether oxygens (including phenoxy) is 3. The molecule has 0 aliphatic rings. The molecule has 0 unspecified atom stereocenters. The summed E-state index contributed by atoms with van der Waals surface area (Å²) in [4.78, 5) is 23.6. The highest BCUT2D eigenvalue weighted by molar-refractivity contribution is 7.15. The van der Waals surface area contributed by atoms with Crippen molar-refractivity contribution in [2.45, 2.75) is 26.2 Å². The molecule has 0 saturated heterocycles. The number of hydrogen-bond acceptors (Lipinski definition) is 9. The molecule has 2 amide bonds. The summed E-state index contributed by atoms with van der Waals surface area (Å²) in [5.41, 5.74) is 3.07. The quantitative estimate of drug-likeness (QED) is 0.444. The van der Waals surface area contributed by atoms with Crippen molar-refractivity contribution in [2.24, 2.45) is 5.10 Å². The first-order valence-corrected chi connectivity index (χ1v) is 9.56.